The van der Waals surface area contributed by atoms with Crippen molar-refractivity contribution in [1.29, 1.82) is 0 Å². The summed E-state index contributed by atoms with van der Waals surface area (Å²) in [5.41, 5.74) is 2.14. The van der Waals surface area contributed by atoms with E-state index in [1.165, 1.54) is 5.56 Å². The largest absolute Gasteiger partial charge is 0.497 e. The first-order chi connectivity index (χ1) is 12.3. The molecule has 4 nitrogen and oxygen atoms in total. The monoisotopic (exact) mass is 334 g/mol. The minimum atomic E-state index is -0.0126. The summed E-state index contributed by atoms with van der Waals surface area (Å²) in [5, 5.41) is 8.45. The van der Waals surface area contributed by atoms with Crippen LogP contribution >= 0.6 is 0 Å². The van der Waals surface area contributed by atoms with Gasteiger partial charge in [-0.25, -0.2) is 0 Å². The van der Waals surface area contributed by atoms with Crippen molar-refractivity contribution in [3.8, 4) is 5.75 Å². The van der Waals surface area contributed by atoms with Crippen LogP contribution in [0, 0.1) is 0 Å². The molecule has 0 aromatic heterocycles. The third-order valence-electron chi connectivity index (χ3n) is 4.12. The fourth-order valence-corrected chi connectivity index (χ4v) is 2.76. The SMILES string of the molecule is COc1ccc(CCNC(=O)CNc2cccc3ccccc23)cc1. The molecule has 0 unspecified atom stereocenters. The van der Waals surface area contributed by atoms with Crippen LogP contribution in [0.3, 0.4) is 0 Å². The number of hydrogen-bond acceptors (Lipinski definition) is 3. The first-order valence-electron chi connectivity index (χ1n) is 8.37. The van der Waals surface area contributed by atoms with E-state index in [1.54, 1.807) is 7.11 Å². The third kappa shape index (κ3) is 4.51. The van der Waals surface area contributed by atoms with Crippen LogP contribution in [0.1, 0.15) is 5.56 Å². The quantitative estimate of drug-likeness (QED) is 0.694. The van der Waals surface area contributed by atoms with Gasteiger partial charge in [0.1, 0.15) is 5.75 Å². The first kappa shape index (κ1) is 16.8. The third-order valence-corrected chi connectivity index (χ3v) is 4.12. The molecule has 0 bridgehead atoms. The van der Waals surface area contributed by atoms with Crippen molar-refractivity contribution in [3.63, 3.8) is 0 Å². The number of rotatable bonds is 7. The fourth-order valence-electron chi connectivity index (χ4n) is 2.76. The van der Waals surface area contributed by atoms with Crippen LogP contribution in [-0.4, -0.2) is 26.1 Å². The molecular formula is C21H22N2O2. The van der Waals surface area contributed by atoms with E-state index < -0.39 is 0 Å². The molecule has 0 aliphatic rings. The summed E-state index contributed by atoms with van der Waals surface area (Å²) < 4.78 is 5.14. The Hall–Kier alpha value is -3.01. The first-order valence-corrected chi connectivity index (χ1v) is 8.37. The van der Waals surface area contributed by atoms with Gasteiger partial charge in [0.15, 0.2) is 0 Å². The molecule has 3 rings (SSSR count). The van der Waals surface area contributed by atoms with Gasteiger partial charge in [0.2, 0.25) is 5.91 Å². The number of anilines is 1. The van der Waals surface area contributed by atoms with E-state index in [9.17, 15) is 4.79 Å². The van der Waals surface area contributed by atoms with Crippen LogP contribution in [0.4, 0.5) is 5.69 Å². The lowest BCUT2D eigenvalue weighted by Gasteiger charge is -2.10. The van der Waals surface area contributed by atoms with Gasteiger partial charge in [-0.05, 0) is 35.6 Å². The molecule has 3 aromatic rings. The second-order valence-corrected chi connectivity index (χ2v) is 5.83. The Morgan fingerprint density at radius 3 is 2.52 bits per heavy atom. The van der Waals surface area contributed by atoms with Crippen LogP contribution in [0.25, 0.3) is 10.8 Å². The van der Waals surface area contributed by atoms with E-state index in [1.807, 2.05) is 48.5 Å². The van der Waals surface area contributed by atoms with Gasteiger partial charge in [0.05, 0.1) is 13.7 Å². The molecule has 0 spiro atoms. The lowest BCUT2D eigenvalue weighted by Crippen LogP contribution is -2.31. The van der Waals surface area contributed by atoms with Crippen molar-refractivity contribution < 1.29 is 9.53 Å². The Labute approximate surface area is 147 Å². The minimum absolute atomic E-state index is 0.0126. The molecular weight excluding hydrogens is 312 g/mol. The van der Waals surface area contributed by atoms with E-state index in [4.69, 9.17) is 4.74 Å². The molecule has 0 radical (unpaired) electrons. The summed E-state index contributed by atoms with van der Waals surface area (Å²) in [6.07, 6.45) is 0.796. The van der Waals surface area contributed by atoms with Crippen LogP contribution < -0.4 is 15.4 Å². The average molecular weight is 334 g/mol. The summed E-state index contributed by atoms with van der Waals surface area (Å²) in [6, 6.07) is 22.1. The summed E-state index contributed by atoms with van der Waals surface area (Å²) in [5.74, 6) is 0.827. The Kier molecular flexibility index (Phi) is 5.52. The average Bonchev–Trinajstić information content (AvgIpc) is 2.67. The predicted octanol–water partition coefficient (Wildman–Crippen LogP) is 3.62. The van der Waals surface area contributed by atoms with E-state index >= 15 is 0 Å². The van der Waals surface area contributed by atoms with Crippen molar-refractivity contribution in [1.82, 2.24) is 5.32 Å². The molecule has 0 heterocycles. The molecule has 4 heteroatoms. The van der Waals surface area contributed by atoms with Crippen LogP contribution in [0.15, 0.2) is 66.7 Å². The van der Waals surface area contributed by atoms with Gasteiger partial charge in [-0.15, -0.1) is 0 Å². The minimum Gasteiger partial charge on any atom is -0.497 e. The number of carbonyl (C=O) groups is 1. The van der Waals surface area contributed by atoms with Gasteiger partial charge in [-0.3, -0.25) is 4.79 Å². The van der Waals surface area contributed by atoms with Gasteiger partial charge < -0.3 is 15.4 Å². The summed E-state index contributed by atoms with van der Waals surface area (Å²) in [4.78, 5) is 12.0. The molecule has 0 fully saturated rings. The lowest BCUT2D eigenvalue weighted by molar-refractivity contribution is -0.119. The summed E-state index contributed by atoms with van der Waals surface area (Å²) in [6.45, 7) is 0.874. The van der Waals surface area contributed by atoms with Crippen LogP contribution in [-0.2, 0) is 11.2 Å². The zero-order valence-electron chi connectivity index (χ0n) is 14.3. The number of hydrogen-bond donors (Lipinski definition) is 2. The molecule has 1 amide bonds. The number of amides is 1. The molecule has 0 saturated carbocycles. The summed E-state index contributed by atoms with van der Waals surface area (Å²) in [7, 11) is 1.65. The van der Waals surface area contributed by atoms with E-state index in [0.717, 1.165) is 28.6 Å². The number of carbonyl (C=O) groups excluding carboxylic acids is 1. The van der Waals surface area contributed by atoms with Gasteiger partial charge in [0.25, 0.3) is 0 Å². The van der Waals surface area contributed by atoms with Crippen molar-refractivity contribution >= 4 is 22.4 Å². The highest BCUT2D eigenvalue weighted by atomic mass is 16.5. The Bertz CT molecular complexity index is 839. The molecule has 0 aliphatic carbocycles. The highest BCUT2D eigenvalue weighted by Crippen LogP contribution is 2.22. The zero-order chi connectivity index (χ0) is 17.5. The van der Waals surface area contributed by atoms with Crippen LogP contribution in [0.5, 0.6) is 5.75 Å². The fraction of sp³-hybridized carbons (Fsp3) is 0.190. The van der Waals surface area contributed by atoms with Gasteiger partial charge in [-0.2, -0.15) is 0 Å². The van der Waals surface area contributed by atoms with Gasteiger partial charge >= 0.3 is 0 Å². The summed E-state index contributed by atoms with van der Waals surface area (Å²) >= 11 is 0. The van der Waals surface area contributed by atoms with Crippen molar-refractivity contribution in [2.24, 2.45) is 0 Å². The molecule has 0 aliphatic heterocycles. The number of fused-ring (bicyclic) bond motifs is 1. The Balaban J connectivity index is 1.47. The van der Waals surface area contributed by atoms with Crippen molar-refractivity contribution in [2.45, 2.75) is 6.42 Å². The highest BCUT2D eigenvalue weighted by molar-refractivity contribution is 5.95. The molecule has 0 atom stereocenters. The normalized spacial score (nSPS) is 10.4. The second kappa shape index (κ2) is 8.20. The number of methoxy groups -OCH3 is 1. The number of ether oxygens (including phenoxy) is 1. The molecule has 25 heavy (non-hydrogen) atoms. The van der Waals surface area contributed by atoms with E-state index in [0.29, 0.717) is 6.54 Å². The van der Waals surface area contributed by atoms with Gasteiger partial charge in [0, 0.05) is 17.6 Å². The Morgan fingerprint density at radius 2 is 1.72 bits per heavy atom. The van der Waals surface area contributed by atoms with Gasteiger partial charge in [-0.1, -0.05) is 48.5 Å². The maximum Gasteiger partial charge on any atom is 0.239 e. The zero-order valence-corrected chi connectivity index (χ0v) is 14.3. The Morgan fingerprint density at radius 1 is 0.960 bits per heavy atom. The van der Waals surface area contributed by atoms with E-state index in [2.05, 4.69) is 28.8 Å². The van der Waals surface area contributed by atoms with E-state index in [-0.39, 0.29) is 12.5 Å². The topological polar surface area (TPSA) is 50.4 Å². The molecule has 2 N–H and O–H groups in total. The van der Waals surface area contributed by atoms with Crippen LogP contribution in [0.2, 0.25) is 0 Å². The maximum absolute atomic E-state index is 12.0. The second-order valence-electron chi connectivity index (χ2n) is 5.83. The number of nitrogens with one attached hydrogen (secondary N) is 2. The predicted molar refractivity (Wildman–Crippen MR) is 102 cm³/mol. The highest BCUT2D eigenvalue weighted by Gasteiger charge is 2.04. The molecule has 0 saturated heterocycles. The maximum atomic E-state index is 12.0. The molecule has 3 aromatic carbocycles. The lowest BCUT2D eigenvalue weighted by atomic mass is 10.1. The number of benzene rings is 3. The molecule has 128 valence electrons. The van der Waals surface area contributed by atoms with Crippen molar-refractivity contribution in [2.75, 3.05) is 25.5 Å². The van der Waals surface area contributed by atoms with Crippen molar-refractivity contribution in [3.05, 3.63) is 72.3 Å². The standard InChI is InChI=1S/C21H22N2O2/c1-25-18-11-9-16(10-12-18)13-14-22-21(24)15-23-20-8-4-6-17-5-2-3-7-19(17)20/h2-12,23H,13-15H2,1H3,(H,22,24). The smallest absolute Gasteiger partial charge is 0.239 e.